The van der Waals surface area contributed by atoms with Crippen LogP contribution in [0.3, 0.4) is 0 Å². The van der Waals surface area contributed by atoms with Crippen LogP contribution in [0, 0.1) is 58.2 Å². The van der Waals surface area contributed by atoms with E-state index in [1.807, 2.05) is 32.0 Å². The molecule has 0 aromatic heterocycles. The van der Waals surface area contributed by atoms with E-state index in [0.29, 0.717) is 35.8 Å². The average Bonchev–Trinajstić information content (AvgIpc) is 3.67. The normalized spacial score (nSPS) is 35.7. The number of benzene rings is 1. The van der Waals surface area contributed by atoms with Crippen molar-refractivity contribution < 1.29 is 33.4 Å². The molecule has 13 heteroatoms. The number of carbonyl (C=O) groups excluding carboxylic acids is 4. The lowest BCUT2D eigenvalue weighted by Crippen LogP contribution is -2.64. The standard InChI is InChI=1S/C46H70N6O7/c1-26(2)40(50-38(53)24-48-43(56)59-44(5,6)7)41(54)49-37-23-33-32(17-16-30-21-31(51-52-47)19-20-45(30,33)8)34-22-36-39(46(34,37)9)28(4)35(58-36)18-15-27(3)25-57-42(55)29-13-11-10-12-14-29/h10-14,26-28,30-37,39-40H,15-25H2,1-9H3,(H,48,56)(H,49,54)(H,50,53)/t27-,28-,30+,31-,32-,33+,34+,35-,36+,37+,39+,40+,45+,46-/m1/s1. The summed E-state index contributed by atoms with van der Waals surface area (Å²) in [5, 5.41) is 13.2. The van der Waals surface area contributed by atoms with Gasteiger partial charge in [-0.25, -0.2) is 9.59 Å². The Hall–Kier alpha value is -3.83. The highest BCUT2D eigenvalue weighted by Gasteiger charge is 2.69. The number of hydrogen-bond acceptors (Lipinski definition) is 8. The predicted octanol–water partition coefficient (Wildman–Crippen LogP) is 8.37. The number of hydrogen-bond donors (Lipinski definition) is 3. The van der Waals surface area contributed by atoms with Gasteiger partial charge >= 0.3 is 12.1 Å². The predicted molar refractivity (Wildman–Crippen MR) is 225 cm³/mol. The van der Waals surface area contributed by atoms with Gasteiger partial charge in [0, 0.05) is 17.0 Å². The summed E-state index contributed by atoms with van der Waals surface area (Å²) in [5.41, 5.74) is 8.94. The zero-order valence-electron chi connectivity index (χ0n) is 36.9. The molecule has 0 bridgehead atoms. The molecule has 13 nitrogen and oxygen atoms in total. The maximum Gasteiger partial charge on any atom is 0.408 e. The second-order valence-corrected chi connectivity index (χ2v) is 20.6. The molecule has 326 valence electrons. The maximum atomic E-state index is 14.5. The Morgan fingerprint density at radius 1 is 1.02 bits per heavy atom. The summed E-state index contributed by atoms with van der Waals surface area (Å²) in [6, 6.07) is 8.19. The van der Waals surface area contributed by atoms with E-state index in [1.54, 1.807) is 32.9 Å². The fourth-order valence-corrected chi connectivity index (χ4v) is 12.5. The lowest BCUT2D eigenvalue weighted by Gasteiger charge is -2.63. The third-order valence-electron chi connectivity index (χ3n) is 15.4. The van der Waals surface area contributed by atoms with Gasteiger partial charge in [-0.3, -0.25) is 9.59 Å². The number of carbonyl (C=O) groups is 4. The van der Waals surface area contributed by atoms with E-state index in [9.17, 15) is 24.7 Å². The molecule has 1 aromatic rings. The highest BCUT2D eigenvalue weighted by Crippen LogP contribution is 2.70. The second kappa shape index (κ2) is 18.0. The molecule has 1 heterocycles. The molecule has 1 saturated heterocycles. The Morgan fingerprint density at radius 3 is 2.42 bits per heavy atom. The SMILES string of the molecule is CC(C)[C@H](NC(=O)CNC(=O)OC(C)(C)C)C(=O)N[C@H]1C[C@H]2[C@@H](CC[C@H]3C[C@H](N=[N+]=[N-])CC[C@@]32C)[C@@H]2C[C@@H]3O[C@H](CC[C@@H](C)COC(=O)c4ccccc4)[C@@H](C)[C@@H]3[C@@]12C. The molecule has 0 radical (unpaired) electrons. The number of nitrogens with one attached hydrogen (secondary N) is 3. The van der Waals surface area contributed by atoms with Crippen LogP contribution in [0.15, 0.2) is 35.4 Å². The van der Waals surface area contributed by atoms with E-state index in [-0.39, 0.29) is 77.2 Å². The molecule has 4 aliphatic carbocycles. The summed E-state index contributed by atoms with van der Waals surface area (Å²) in [6.07, 6.45) is 8.06. The minimum Gasteiger partial charge on any atom is -0.462 e. The monoisotopic (exact) mass is 819 g/mol. The molecular formula is C46H70N6O7. The molecule has 1 aliphatic heterocycles. The van der Waals surface area contributed by atoms with E-state index in [4.69, 9.17) is 14.2 Å². The molecule has 59 heavy (non-hydrogen) atoms. The Bertz CT molecular complexity index is 1730. The fraction of sp³-hybridized carbons (Fsp3) is 0.783. The molecule has 0 unspecified atom stereocenters. The zero-order valence-corrected chi connectivity index (χ0v) is 36.9. The van der Waals surface area contributed by atoms with Gasteiger partial charge in [0.2, 0.25) is 11.8 Å². The first-order chi connectivity index (χ1) is 27.8. The van der Waals surface area contributed by atoms with Crippen LogP contribution in [0.4, 0.5) is 4.79 Å². The van der Waals surface area contributed by atoms with Crippen molar-refractivity contribution in [2.45, 2.75) is 156 Å². The lowest BCUT2D eigenvalue weighted by atomic mass is 9.43. The number of fused-ring (bicyclic) bond motifs is 7. The molecule has 6 rings (SSSR count). The van der Waals surface area contributed by atoms with Crippen molar-refractivity contribution in [1.29, 1.82) is 0 Å². The van der Waals surface area contributed by atoms with Crippen LogP contribution in [0.5, 0.6) is 0 Å². The van der Waals surface area contributed by atoms with Crippen LogP contribution >= 0.6 is 0 Å². The molecule has 1 aromatic carbocycles. The lowest BCUT2D eigenvalue weighted by molar-refractivity contribution is -0.143. The van der Waals surface area contributed by atoms with Crippen LogP contribution in [0.25, 0.3) is 10.4 Å². The summed E-state index contributed by atoms with van der Waals surface area (Å²) in [4.78, 5) is 55.8. The maximum absolute atomic E-state index is 14.5. The Kier molecular flexibility index (Phi) is 13.7. The second-order valence-electron chi connectivity index (χ2n) is 20.6. The summed E-state index contributed by atoms with van der Waals surface area (Å²) in [7, 11) is 0. The van der Waals surface area contributed by atoms with Crippen molar-refractivity contribution in [3.8, 4) is 0 Å². The van der Waals surface area contributed by atoms with Crippen LogP contribution in [0.1, 0.15) is 130 Å². The first-order valence-electron chi connectivity index (χ1n) is 22.3. The third-order valence-corrected chi connectivity index (χ3v) is 15.4. The molecule has 3 N–H and O–H groups in total. The first kappa shape index (κ1) is 44.7. The van der Waals surface area contributed by atoms with Crippen LogP contribution in [0.2, 0.25) is 0 Å². The zero-order chi connectivity index (χ0) is 42.9. The van der Waals surface area contributed by atoms with Gasteiger partial charge in [-0.05, 0) is 154 Å². The van der Waals surface area contributed by atoms with Gasteiger partial charge in [0.25, 0.3) is 0 Å². The summed E-state index contributed by atoms with van der Waals surface area (Å²) >= 11 is 0. The minimum absolute atomic E-state index is 0.0369. The van der Waals surface area contributed by atoms with E-state index >= 15 is 0 Å². The van der Waals surface area contributed by atoms with E-state index in [2.05, 4.69) is 53.7 Å². The van der Waals surface area contributed by atoms with Crippen molar-refractivity contribution in [1.82, 2.24) is 16.0 Å². The van der Waals surface area contributed by atoms with Crippen molar-refractivity contribution in [3.63, 3.8) is 0 Å². The Balaban J connectivity index is 1.19. The van der Waals surface area contributed by atoms with Crippen molar-refractivity contribution in [3.05, 3.63) is 46.3 Å². The average molecular weight is 819 g/mol. The number of esters is 1. The molecule has 5 fully saturated rings. The number of ether oxygens (including phenoxy) is 3. The molecule has 3 amide bonds. The smallest absolute Gasteiger partial charge is 0.408 e. The van der Waals surface area contributed by atoms with E-state index in [0.717, 1.165) is 57.8 Å². The molecule has 0 spiro atoms. The number of amides is 3. The highest BCUT2D eigenvalue weighted by atomic mass is 16.6. The van der Waals surface area contributed by atoms with Gasteiger partial charge in [-0.15, -0.1) is 0 Å². The first-order valence-corrected chi connectivity index (χ1v) is 22.3. The van der Waals surface area contributed by atoms with E-state index < -0.39 is 23.6 Å². The quantitative estimate of drug-likeness (QED) is 0.0774. The largest absolute Gasteiger partial charge is 0.462 e. The van der Waals surface area contributed by atoms with Crippen molar-refractivity contribution in [2.24, 2.45) is 63.3 Å². The highest BCUT2D eigenvalue weighted by molar-refractivity contribution is 5.90. The molecule has 14 atom stereocenters. The van der Waals surface area contributed by atoms with Crippen molar-refractivity contribution in [2.75, 3.05) is 13.2 Å². The third kappa shape index (κ3) is 9.56. The van der Waals surface area contributed by atoms with Crippen molar-refractivity contribution >= 4 is 23.9 Å². The molecule has 5 aliphatic rings. The molecule has 4 saturated carbocycles. The van der Waals surface area contributed by atoms with Gasteiger partial charge in [-0.2, -0.15) is 0 Å². The van der Waals surface area contributed by atoms with Crippen LogP contribution in [-0.4, -0.2) is 73.0 Å². The van der Waals surface area contributed by atoms with Crippen LogP contribution < -0.4 is 16.0 Å². The van der Waals surface area contributed by atoms with Crippen LogP contribution in [-0.2, 0) is 23.8 Å². The van der Waals surface area contributed by atoms with E-state index in [1.165, 1.54) is 0 Å². The van der Waals surface area contributed by atoms with Gasteiger partial charge < -0.3 is 30.2 Å². The topological polar surface area (TPSA) is 181 Å². The van der Waals surface area contributed by atoms with Gasteiger partial charge in [0.1, 0.15) is 18.2 Å². The fourth-order valence-electron chi connectivity index (χ4n) is 12.5. The van der Waals surface area contributed by atoms with Gasteiger partial charge in [0.15, 0.2) is 0 Å². The number of rotatable bonds is 13. The summed E-state index contributed by atoms with van der Waals surface area (Å²) < 4.78 is 18.0. The Labute approximate surface area is 351 Å². The minimum atomic E-state index is -0.795. The summed E-state index contributed by atoms with van der Waals surface area (Å²) in [5.74, 6) is 1.24. The van der Waals surface area contributed by atoms with Gasteiger partial charge in [-0.1, -0.05) is 64.9 Å². The number of azide groups is 1. The number of alkyl carbamates (subject to hydrolysis) is 1. The summed E-state index contributed by atoms with van der Waals surface area (Å²) in [6.45, 7) is 18.5. The number of nitrogens with zero attached hydrogens (tertiary/aromatic N) is 3. The molecular weight excluding hydrogens is 749 g/mol. The van der Waals surface area contributed by atoms with Gasteiger partial charge in [0.05, 0.1) is 24.4 Å². The Morgan fingerprint density at radius 2 is 1.75 bits per heavy atom.